The molecule has 0 fully saturated rings. The van der Waals surface area contributed by atoms with Crippen molar-refractivity contribution >= 4 is 23.3 Å². The van der Waals surface area contributed by atoms with Gasteiger partial charge in [0, 0.05) is 5.02 Å². The van der Waals surface area contributed by atoms with Crippen molar-refractivity contribution in [3.8, 4) is 16.9 Å². The van der Waals surface area contributed by atoms with Gasteiger partial charge < -0.3 is 14.7 Å². The lowest BCUT2D eigenvalue weighted by atomic mass is 10.0. The summed E-state index contributed by atoms with van der Waals surface area (Å²) in [6, 6.07) is 22.9. The van der Waals surface area contributed by atoms with Crippen molar-refractivity contribution in [3.05, 3.63) is 88.9 Å². The number of oxime groups is 1. The fourth-order valence-electron chi connectivity index (χ4n) is 3.06. The third-order valence-corrected chi connectivity index (χ3v) is 4.85. The van der Waals surface area contributed by atoms with Gasteiger partial charge in [0.2, 0.25) is 0 Å². The number of carbonyl (C=O) groups is 1. The predicted octanol–water partition coefficient (Wildman–Crippen LogP) is 5.84. The highest BCUT2D eigenvalue weighted by Crippen LogP contribution is 2.22. The zero-order chi connectivity index (χ0) is 22.1. The fourth-order valence-corrected chi connectivity index (χ4v) is 3.18. The van der Waals surface area contributed by atoms with E-state index in [1.54, 1.807) is 24.3 Å². The van der Waals surface area contributed by atoms with Gasteiger partial charge in [-0.2, -0.15) is 0 Å². The number of hydrogen-bond acceptors (Lipinski definition) is 4. The van der Waals surface area contributed by atoms with Crippen LogP contribution in [0.2, 0.25) is 5.02 Å². The SMILES string of the molecule is CCC(=NOCCOc1cccc(CC(=O)O)c1)c1ccc(-c2ccc(Cl)cc2)cc1. The molecule has 0 aliphatic carbocycles. The standard InChI is InChI=1S/C25H24ClNO4/c1-2-24(21-8-6-19(7-9-21)20-10-12-22(26)13-11-20)27-31-15-14-30-23-5-3-4-18(16-23)17-25(28)29/h3-13,16H,2,14-15,17H2,1H3,(H,28,29). The highest BCUT2D eigenvalue weighted by Gasteiger charge is 2.05. The molecule has 160 valence electrons. The number of nitrogens with zero attached hydrogens (tertiary/aromatic N) is 1. The Balaban J connectivity index is 1.52. The summed E-state index contributed by atoms with van der Waals surface area (Å²) in [7, 11) is 0. The van der Waals surface area contributed by atoms with Crippen molar-refractivity contribution < 1.29 is 19.5 Å². The number of carboxylic acid groups (broad SMARTS) is 1. The molecule has 3 aromatic rings. The van der Waals surface area contributed by atoms with Gasteiger partial charge in [0.15, 0.2) is 6.61 Å². The van der Waals surface area contributed by atoms with Gasteiger partial charge in [-0.05, 0) is 52.9 Å². The molecule has 3 rings (SSSR count). The molecule has 5 nitrogen and oxygen atoms in total. The third kappa shape index (κ3) is 6.86. The van der Waals surface area contributed by atoms with E-state index in [1.165, 1.54) is 0 Å². The Bertz CT molecular complexity index is 1030. The summed E-state index contributed by atoms with van der Waals surface area (Å²) < 4.78 is 5.63. The number of benzene rings is 3. The van der Waals surface area contributed by atoms with Crippen LogP contribution in [-0.4, -0.2) is 30.0 Å². The number of hydrogen-bond donors (Lipinski definition) is 1. The number of aliphatic carboxylic acids is 1. The van der Waals surface area contributed by atoms with E-state index in [9.17, 15) is 4.79 Å². The number of ether oxygens (including phenoxy) is 1. The summed E-state index contributed by atoms with van der Waals surface area (Å²) in [4.78, 5) is 16.3. The number of carboxylic acids is 1. The van der Waals surface area contributed by atoms with Gasteiger partial charge in [0.1, 0.15) is 12.4 Å². The van der Waals surface area contributed by atoms with Gasteiger partial charge in [-0.1, -0.05) is 72.2 Å². The molecule has 0 saturated carbocycles. The Kier molecular flexibility index (Phi) is 8.07. The Morgan fingerprint density at radius 3 is 2.29 bits per heavy atom. The highest BCUT2D eigenvalue weighted by molar-refractivity contribution is 6.30. The molecule has 0 aromatic heterocycles. The molecular weight excluding hydrogens is 414 g/mol. The second-order valence-electron chi connectivity index (χ2n) is 6.88. The van der Waals surface area contributed by atoms with Crippen LogP contribution in [0.3, 0.4) is 0 Å². The lowest BCUT2D eigenvalue weighted by Gasteiger charge is -2.09. The van der Waals surface area contributed by atoms with Crippen molar-refractivity contribution in [2.75, 3.05) is 13.2 Å². The molecule has 0 heterocycles. The number of halogens is 1. The molecule has 0 radical (unpaired) electrons. The lowest BCUT2D eigenvalue weighted by Crippen LogP contribution is -2.07. The summed E-state index contributed by atoms with van der Waals surface area (Å²) in [6.45, 7) is 2.63. The molecule has 0 unspecified atom stereocenters. The first-order valence-electron chi connectivity index (χ1n) is 10.0. The normalized spacial score (nSPS) is 11.2. The molecule has 0 saturated heterocycles. The monoisotopic (exact) mass is 437 g/mol. The van der Waals surface area contributed by atoms with Crippen LogP contribution in [0, 0.1) is 0 Å². The van der Waals surface area contributed by atoms with E-state index in [2.05, 4.69) is 17.3 Å². The molecule has 0 amide bonds. The van der Waals surface area contributed by atoms with Gasteiger partial charge in [0.05, 0.1) is 12.1 Å². The zero-order valence-electron chi connectivity index (χ0n) is 17.3. The zero-order valence-corrected chi connectivity index (χ0v) is 18.0. The van der Waals surface area contributed by atoms with Crippen molar-refractivity contribution in [2.24, 2.45) is 5.16 Å². The summed E-state index contributed by atoms with van der Waals surface area (Å²) in [5, 5.41) is 13.8. The van der Waals surface area contributed by atoms with E-state index in [4.69, 9.17) is 26.3 Å². The topological polar surface area (TPSA) is 68.1 Å². The van der Waals surface area contributed by atoms with Crippen LogP contribution in [0.5, 0.6) is 5.75 Å². The molecule has 0 aliphatic heterocycles. The maximum absolute atomic E-state index is 10.8. The van der Waals surface area contributed by atoms with Crippen LogP contribution in [0.1, 0.15) is 24.5 Å². The first-order chi connectivity index (χ1) is 15.0. The van der Waals surface area contributed by atoms with Crippen LogP contribution in [0.15, 0.2) is 78.0 Å². The smallest absolute Gasteiger partial charge is 0.307 e. The second-order valence-corrected chi connectivity index (χ2v) is 7.31. The Hall–Kier alpha value is -3.31. The minimum atomic E-state index is -0.872. The predicted molar refractivity (Wildman–Crippen MR) is 123 cm³/mol. The van der Waals surface area contributed by atoms with Crippen molar-refractivity contribution in [1.29, 1.82) is 0 Å². The molecule has 0 bridgehead atoms. The Labute approximate surface area is 186 Å². The number of rotatable bonds is 10. The molecule has 3 aromatic carbocycles. The van der Waals surface area contributed by atoms with Gasteiger partial charge in [-0.15, -0.1) is 0 Å². The minimum absolute atomic E-state index is 0.0331. The van der Waals surface area contributed by atoms with E-state index in [0.717, 1.165) is 33.8 Å². The maximum atomic E-state index is 10.8. The molecular formula is C25H24ClNO4. The fraction of sp³-hybridized carbons (Fsp3) is 0.200. The van der Waals surface area contributed by atoms with Crippen molar-refractivity contribution in [3.63, 3.8) is 0 Å². The van der Waals surface area contributed by atoms with Crippen molar-refractivity contribution in [1.82, 2.24) is 0 Å². The van der Waals surface area contributed by atoms with E-state index in [0.29, 0.717) is 17.9 Å². The minimum Gasteiger partial charge on any atom is -0.490 e. The summed E-state index contributed by atoms with van der Waals surface area (Å²) >= 11 is 5.96. The molecule has 0 atom stereocenters. The van der Waals surface area contributed by atoms with Crippen LogP contribution < -0.4 is 4.74 Å². The van der Waals surface area contributed by atoms with E-state index < -0.39 is 5.97 Å². The maximum Gasteiger partial charge on any atom is 0.307 e. The highest BCUT2D eigenvalue weighted by atomic mass is 35.5. The van der Waals surface area contributed by atoms with Crippen LogP contribution in [0.4, 0.5) is 0 Å². The van der Waals surface area contributed by atoms with Gasteiger partial charge >= 0.3 is 5.97 Å². The van der Waals surface area contributed by atoms with E-state index in [-0.39, 0.29) is 13.0 Å². The van der Waals surface area contributed by atoms with Gasteiger partial charge in [0.25, 0.3) is 0 Å². The quantitative estimate of drug-likeness (QED) is 0.245. The first-order valence-corrected chi connectivity index (χ1v) is 10.4. The van der Waals surface area contributed by atoms with Crippen LogP contribution >= 0.6 is 11.6 Å². The summed E-state index contributed by atoms with van der Waals surface area (Å²) in [5.74, 6) is -0.261. The van der Waals surface area contributed by atoms with Crippen LogP contribution in [0.25, 0.3) is 11.1 Å². The Morgan fingerprint density at radius 1 is 0.968 bits per heavy atom. The summed E-state index contributed by atoms with van der Waals surface area (Å²) in [6.07, 6.45) is 0.701. The second kappa shape index (κ2) is 11.2. The van der Waals surface area contributed by atoms with Gasteiger partial charge in [-0.25, -0.2) is 0 Å². The van der Waals surface area contributed by atoms with E-state index in [1.807, 2.05) is 43.3 Å². The third-order valence-electron chi connectivity index (χ3n) is 4.60. The molecule has 0 aliphatic rings. The van der Waals surface area contributed by atoms with E-state index >= 15 is 0 Å². The Morgan fingerprint density at radius 2 is 1.65 bits per heavy atom. The lowest BCUT2D eigenvalue weighted by molar-refractivity contribution is -0.136. The summed E-state index contributed by atoms with van der Waals surface area (Å²) in [5.41, 5.74) is 4.76. The molecule has 0 spiro atoms. The average Bonchev–Trinajstić information content (AvgIpc) is 2.77. The van der Waals surface area contributed by atoms with Crippen LogP contribution in [-0.2, 0) is 16.1 Å². The van der Waals surface area contributed by atoms with Crippen molar-refractivity contribution in [2.45, 2.75) is 19.8 Å². The first kappa shape index (κ1) is 22.4. The largest absolute Gasteiger partial charge is 0.490 e. The molecule has 31 heavy (non-hydrogen) atoms. The molecule has 1 N–H and O–H groups in total. The average molecular weight is 438 g/mol. The van der Waals surface area contributed by atoms with Gasteiger partial charge in [-0.3, -0.25) is 4.79 Å². The molecule has 6 heteroatoms.